The van der Waals surface area contributed by atoms with E-state index >= 15 is 0 Å². The fraction of sp³-hybridized carbons (Fsp3) is 0.400. The summed E-state index contributed by atoms with van der Waals surface area (Å²) in [6.07, 6.45) is -4.34. The minimum atomic E-state index is -4.34. The zero-order chi connectivity index (χ0) is 11.6. The lowest BCUT2D eigenvalue weighted by molar-refractivity contribution is -0.137. The average Bonchev–Trinajstić information content (AvgIpc) is 2.06. The first-order valence-electron chi connectivity index (χ1n) is 4.44. The van der Waals surface area contributed by atoms with E-state index in [1.165, 1.54) is 6.07 Å². The molecule has 0 radical (unpaired) electrons. The Morgan fingerprint density at radius 2 is 1.87 bits per heavy atom. The van der Waals surface area contributed by atoms with Crippen molar-refractivity contribution in [2.24, 2.45) is 0 Å². The molecule has 0 atom stereocenters. The second kappa shape index (κ2) is 4.31. The lowest BCUT2D eigenvalue weighted by Gasteiger charge is -2.14. The van der Waals surface area contributed by atoms with Crippen molar-refractivity contribution in [1.29, 1.82) is 0 Å². The highest BCUT2D eigenvalue weighted by Gasteiger charge is 2.30. The first-order chi connectivity index (χ1) is 6.80. The molecular formula is C10H11ClF3N. The Hall–Kier alpha value is -0.900. The maximum absolute atomic E-state index is 12.4. The minimum absolute atomic E-state index is 0.0333. The number of hydrogen-bond acceptors (Lipinski definition) is 1. The number of benzene rings is 1. The van der Waals surface area contributed by atoms with Gasteiger partial charge in [-0.1, -0.05) is 11.6 Å². The summed E-state index contributed by atoms with van der Waals surface area (Å²) in [5, 5.41) is 3.14. The summed E-state index contributed by atoms with van der Waals surface area (Å²) < 4.78 is 37.1. The number of halogens is 4. The van der Waals surface area contributed by atoms with E-state index in [4.69, 9.17) is 11.6 Å². The van der Waals surface area contributed by atoms with Crippen LogP contribution < -0.4 is 5.32 Å². The Labute approximate surface area is 91.2 Å². The summed E-state index contributed by atoms with van der Waals surface area (Å²) >= 11 is 5.76. The Morgan fingerprint density at radius 1 is 1.27 bits per heavy atom. The van der Waals surface area contributed by atoms with E-state index in [0.29, 0.717) is 5.69 Å². The molecule has 0 saturated carbocycles. The molecule has 1 rings (SSSR count). The van der Waals surface area contributed by atoms with Crippen molar-refractivity contribution < 1.29 is 13.2 Å². The number of hydrogen-bond donors (Lipinski definition) is 1. The zero-order valence-electron chi connectivity index (χ0n) is 8.32. The quantitative estimate of drug-likeness (QED) is 0.814. The van der Waals surface area contributed by atoms with Crippen LogP contribution in [0.3, 0.4) is 0 Å². The Bertz CT molecular complexity index is 347. The SMILES string of the molecule is CC(C)Nc1cc(C(F)(F)F)ccc1Cl. The largest absolute Gasteiger partial charge is 0.416 e. The number of rotatable bonds is 2. The molecule has 0 aliphatic carbocycles. The van der Waals surface area contributed by atoms with Crippen LogP contribution in [0.25, 0.3) is 0 Å². The van der Waals surface area contributed by atoms with Crippen molar-refractivity contribution in [2.75, 3.05) is 5.32 Å². The van der Waals surface area contributed by atoms with Crippen molar-refractivity contribution in [1.82, 2.24) is 0 Å². The van der Waals surface area contributed by atoms with Crippen LogP contribution in [0.5, 0.6) is 0 Å². The highest BCUT2D eigenvalue weighted by atomic mass is 35.5. The topological polar surface area (TPSA) is 12.0 Å². The van der Waals surface area contributed by atoms with Crippen LogP contribution >= 0.6 is 11.6 Å². The van der Waals surface area contributed by atoms with Crippen molar-refractivity contribution in [3.8, 4) is 0 Å². The first kappa shape index (κ1) is 12.2. The van der Waals surface area contributed by atoms with Gasteiger partial charge in [0, 0.05) is 6.04 Å². The van der Waals surface area contributed by atoms with Gasteiger partial charge in [-0.05, 0) is 32.0 Å². The summed E-state index contributed by atoms with van der Waals surface area (Å²) in [4.78, 5) is 0. The van der Waals surface area contributed by atoms with Crippen LogP contribution in [0.4, 0.5) is 18.9 Å². The van der Waals surface area contributed by atoms with E-state index in [1.54, 1.807) is 0 Å². The number of anilines is 1. The minimum Gasteiger partial charge on any atom is -0.382 e. The van der Waals surface area contributed by atoms with Crippen molar-refractivity contribution >= 4 is 17.3 Å². The third-order valence-corrected chi connectivity index (χ3v) is 2.07. The highest BCUT2D eigenvalue weighted by molar-refractivity contribution is 6.33. The summed E-state index contributed by atoms with van der Waals surface area (Å²) in [5.41, 5.74) is -0.392. The average molecular weight is 238 g/mol. The molecule has 0 aliphatic rings. The van der Waals surface area contributed by atoms with Gasteiger partial charge in [-0.3, -0.25) is 0 Å². The van der Waals surface area contributed by atoms with Crippen molar-refractivity contribution in [3.63, 3.8) is 0 Å². The molecule has 0 unspecified atom stereocenters. The molecule has 1 N–H and O–H groups in total. The molecule has 1 nitrogen and oxygen atoms in total. The summed E-state index contributed by atoms with van der Waals surface area (Å²) in [6.45, 7) is 3.66. The second-order valence-corrected chi connectivity index (χ2v) is 3.90. The molecule has 1 aromatic carbocycles. The van der Waals surface area contributed by atoms with Gasteiger partial charge in [0.25, 0.3) is 0 Å². The maximum Gasteiger partial charge on any atom is 0.416 e. The van der Waals surface area contributed by atoms with Crippen molar-refractivity contribution in [3.05, 3.63) is 28.8 Å². The van der Waals surface area contributed by atoms with E-state index < -0.39 is 11.7 Å². The summed E-state index contributed by atoms with van der Waals surface area (Å²) in [7, 11) is 0. The van der Waals surface area contributed by atoms with Gasteiger partial charge in [0.05, 0.1) is 16.3 Å². The van der Waals surface area contributed by atoms with Crippen LogP contribution in [0.2, 0.25) is 5.02 Å². The molecule has 0 amide bonds. The zero-order valence-corrected chi connectivity index (χ0v) is 9.08. The standard InChI is InChI=1S/C10H11ClF3N/c1-6(2)15-9-5-7(10(12,13)14)3-4-8(9)11/h3-6,15H,1-2H3. The number of nitrogens with one attached hydrogen (secondary N) is 1. The molecule has 15 heavy (non-hydrogen) atoms. The lowest BCUT2D eigenvalue weighted by atomic mass is 10.2. The van der Waals surface area contributed by atoms with Crippen LogP contribution in [0.1, 0.15) is 19.4 Å². The summed E-state index contributed by atoms with van der Waals surface area (Å²) in [6, 6.07) is 3.26. The maximum atomic E-state index is 12.4. The lowest BCUT2D eigenvalue weighted by Crippen LogP contribution is -2.12. The Kier molecular flexibility index (Phi) is 3.50. The smallest absolute Gasteiger partial charge is 0.382 e. The van der Waals surface area contributed by atoms with Crippen LogP contribution in [-0.2, 0) is 6.18 Å². The molecule has 0 spiro atoms. The van der Waals surface area contributed by atoms with Crippen LogP contribution in [0, 0.1) is 0 Å². The van der Waals surface area contributed by atoms with Gasteiger partial charge in [-0.15, -0.1) is 0 Å². The molecule has 84 valence electrons. The van der Waals surface area contributed by atoms with Gasteiger partial charge in [0.15, 0.2) is 0 Å². The molecule has 5 heteroatoms. The summed E-state index contributed by atoms with van der Waals surface area (Å²) in [5.74, 6) is 0. The molecule has 0 heterocycles. The first-order valence-corrected chi connectivity index (χ1v) is 4.82. The molecule has 0 saturated heterocycles. The molecule has 0 aromatic heterocycles. The fourth-order valence-electron chi connectivity index (χ4n) is 1.12. The molecular weight excluding hydrogens is 227 g/mol. The van der Waals surface area contributed by atoms with Crippen molar-refractivity contribution in [2.45, 2.75) is 26.1 Å². The van der Waals surface area contributed by atoms with Crippen LogP contribution in [-0.4, -0.2) is 6.04 Å². The third-order valence-electron chi connectivity index (χ3n) is 1.74. The molecule has 1 aromatic rings. The van der Waals surface area contributed by atoms with E-state index in [2.05, 4.69) is 5.32 Å². The van der Waals surface area contributed by atoms with Gasteiger partial charge >= 0.3 is 6.18 Å². The molecule has 0 bridgehead atoms. The third kappa shape index (κ3) is 3.30. The van der Waals surface area contributed by atoms with Gasteiger partial charge in [-0.2, -0.15) is 13.2 Å². The monoisotopic (exact) mass is 237 g/mol. The van der Waals surface area contributed by atoms with Gasteiger partial charge < -0.3 is 5.32 Å². The molecule has 0 aliphatic heterocycles. The van der Waals surface area contributed by atoms with Gasteiger partial charge in [-0.25, -0.2) is 0 Å². The van der Waals surface area contributed by atoms with E-state index in [1.807, 2.05) is 13.8 Å². The predicted molar refractivity (Wildman–Crippen MR) is 55.2 cm³/mol. The fourth-order valence-corrected chi connectivity index (χ4v) is 1.30. The molecule has 0 fully saturated rings. The Balaban J connectivity index is 3.06. The van der Waals surface area contributed by atoms with Gasteiger partial charge in [0.2, 0.25) is 0 Å². The Morgan fingerprint density at radius 3 is 2.33 bits per heavy atom. The van der Waals surface area contributed by atoms with Crippen LogP contribution in [0.15, 0.2) is 18.2 Å². The highest BCUT2D eigenvalue weighted by Crippen LogP contribution is 2.33. The normalized spacial score (nSPS) is 11.9. The van der Waals surface area contributed by atoms with E-state index in [-0.39, 0.29) is 11.1 Å². The predicted octanol–water partition coefficient (Wildman–Crippen LogP) is 4.18. The van der Waals surface area contributed by atoms with Gasteiger partial charge in [0.1, 0.15) is 0 Å². The second-order valence-electron chi connectivity index (χ2n) is 3.49. The van der Waals surface area contributed by atoms with E-state index in [9.17, 15) is 13.2 Å². The number of alkyl halides is 3. The van der Waals surface area contributed by atoms with E-state index in [0.717, 1.165) is 12.1 Å².